The van der Waals surface area contributed by atoms with E-state index in [9.17, 15) is 27.5 Å². The van der Waals surface area contributed by atoms with Gasteiger partial charge in [0.2, 0.25) is 0 Å². The van der Waals surface area contributed by atoms with Crippen LogP contribution in [-0.2, 0) is 0 Å². The lowest BCUT2D eigenvalue weighted by molar-refractivity contribution is 0.102. The summed E-state index contributed by atoms with van der Waals surface area (Å²) in [4.78, 5) is 12.3. The Balaban J connectivity index is 1.97. The van der Waals surface area contributed by atoms with Gasteiger partial charge >= 0.3 is 0 Å². The van der Waals surface area contributed by atoms with E-state index in [1.165, 1.54) is 24.3 Å². The van der Waals surface area contributed by atoms with Crippen molar-refractivity contribution in [2.45, 2.75) is 0 Å². The summed E-state index contributed by atoms with van der Waals surface area (Å²) in [5.41, 5.74) is -0.544. The van der Waals surface area contributed by atoms with E-state index in [1.54, 1.807) is 0 Å². The van der Waals surface area contributed by atoms with Crippen molar-refractivity contribution in [1.82, 2.24) is 0 Å². The number of nitrogens with one attached hydrogen (secondary N) is 1. The first-order valence-electron chi connectivity index (χ1n) is 7.40. The minimum absolute atomic E-state index is 0.214. The van der Waals surface area contributed by atoms with Crippen LogP contribution in [0.5, 0.6) is 5.75 Å². The third kappa shape index (κ3) is 3.51. The number of anilines is 1. The summed E-state index contributed by atoms with van der Waals surface area (Å²) in [6, 6.07) is 10.1. The van der Waals surface area contributed by atoms with E-state index in [-0.39, 0.29) is 11.1 Å². The maximum absolute atomic E-state index is 13.9. The van der Waals surface area contributed by atoms with Crippen molar-refractivity contribution in [3.8, 4) is 16.9 Å². The van der Waals surface area contributed by atoms with Crippen molar-refractivity contribution < 1.29 is 27.5 Å². The molecule has 1 amide bonds. The predicted octanol–water partition coefficient (Wildman–Crippen LogP) is 4.87. The van der Waals surface area contributed by atoms with E-state index in [0.717, 1.165) is 30.3 Å². The minimum Gasteiger partial charge on any atom is -0.505 e. The Morgan fingerprint density at radius 3 is 2.31 bits per heavy atom. The normalized spacial score (nSPS) is 10.6. The second-order valence-corrected chi connectivity index (χ2v) is 5.45. The van der Waals surface area contributed by atoms with Crippen molar-refractivity contribution >= 4 is 11.6 Å². The number of rotatable bonds is 3. The molecule has 0 aliphatic heterocycles. The Morgan fingerprint density at radius 1 is 0.846 bits per heavy atom. The van der Waals surface area contributed by atoms with Gasteiger partial charge in [-0.1, -0.05) is 12.1 Å². The zero-order chi connectivity index (χ0) is 18.8. The molecule has 0 bridgehead atoms. The molecule has 0 heterocycles. The molecule has 26 heavy (non-hydrogen) atoms. The van der Waals surface area contributed by atoms with Crippen LogP contribution in [0.15, 0.2) is 54.6 Å². The van der Waals surface area contributed by atoms with Gasteiger partial charge in [-0.25, -0.2) is 17.6 Å². The van der Waals surface area contributed by atoms with Crippen molar-refractivity contribution in [2.24, 2.45) is 0 Å². The van der Waals surface area contributed by atoms with Crippen LogP contribution in [0, 0.1) is 23.3 Å². The highest BCUT2D eigenvalue weighted by Crippen LogP contribution is 2.28. The van der Waals surface area contributed by atoms with Gasteiger partial charge in [-0.2, -0.15) is 0 Å². The number of halogens is 4. The van der Waals surface area contributed by atoms with Crippen LogP contribution in [0.3, 0.4) is 0 Å². The second-order valence-electron chi connectivity index (χ2n) is 5.45. The Morgan fingerprint density at radius 2 is 1.58 bits per heavy atom. The summed E-state index contributed by atoms with van der Waals surface area (Å²) in [6.07, 6.45) is 0. The monoisotopic (exact) mass is 361 g/mol. The lowest BCUT2D eigenvalue weighted by atomic mass is 10.0. The van der Waals surface area contributed by atoms with Crippen LogP contribution in [0.4, 0.5) is 23.2 Å². The number of hydrogen-bond donors (Lipinski definition) is 2. The Hall–Kier alpha value is -3.35. The van der Waals surface area contributed by atoms with Gasteiger partial charge in [-0.05, 0) is 53.6 Å². The lowest BCUT2D eigenvalue weighted by Crippen LogP contribution is -2.14. The van der Waals surface area contributed by atoms with E-state index in [4.69, 9.17) is 0 Å². The van der Waals surface area contributed by atoms with Gasteiger partial charge in [0.25, 0.3) is 5.91 Å². The van der Waals surface area contributed by atoms with Gasteiger partial charge in [0, 0.05) is 5.56 Å². The number of carbonyl (C=O) groups excluding carboxylic acids is 1. The molecule has 0 saturated carbocycles. The van der Waals surface area contributed by atoms with Crippen molar-refractivity contribution in [3.05, 3.63) is 83.4 Å². The van der Waals surface area contributed by atoms with Gasteiger partial charge in [0.15, 0.2) is 11.6 Å². The van der Waals surface area contributed by atoms with E-state index in [0.29, 0.717) is 5.56 Å². The van der Waals surface area contributed by atoms with Crippen LogP contribution in [0.2, 0.25) is 0 Å². The molecule has 0 aliphatic rings. The van der Waals surface area contributed by atoms with E-state index in [2.05, 4.69) is 0 Å². The molecule has 0 aliphatic carbocycles. The topological polar surface area (TPSA) is 49.3 Å². The Bertz CT molecular complexity index is 1000. The number of aromatic hydroxyl groups is 1. The SMILES string of the molecule is O=C(Nc1c(F)ccc(O)c1F)c1cc(F)cc(-c2cccc(F)c2)c1. The number of amides is 1. The summed E-state index contributed by atoms with van der Waals surface area (Å²) in [7, 11) is 0. The van der Waals surface area contributed by atoms with Crippen LogP contribution in [-0.4, -0.2) is 11.0 Å². The van der Waals surface area contributed by atoms with Crippen molar-refractivity contribution in [1.29, 1.82) is 0 Å². The van der Waals surface area contributed by atoms with Crippen LogP contribution >= 0.6 is 0 Å². The quantitative estimate of drug-likeness (QED) is 0.654. The van der Waals surface area contributed by atoms with Gasteiger partial charge in [-0.15, -0.1) is 0 Å². The largest absolute Gasteiger partial charge is 0.505 e. The number of phenolic OH excluding ortho intramolecular Hbond substituents is 1. The number of phenols is 1. The zero-order valence-corrected chi connectivity index (χ0v) is 13.1. The molecule has 0 atom stereocenters. The molecule has 0 unspecified atom stereocenters. The number of carbonyl (C=O) groups is 1. The van der Waals surface area contributed by atoms with Gasteiger partial charge in [0.05, 0.1) is 0 Å². The molecule has 3 rings (SSSR count). The molecule has 0 spiro atoms. The van der Waals surface area contributed by atoms with Crippen molar-refractivity contribution in [2.75, 3.05) is 5.32 Å². The third-order valence-corrected chi connectivity index (χ3v) is 3.63. The fraction of sp³-hybridized carbons (Fsp3) is 0. The summed E-state index contributed by atoms with van der Waals surface area (Å²) >= 11 is 0. The summed E-state index contributed by atoms with van der Waals surface area (Å²) in [6.45, 7) is 0. The van der Waals surface area contributed by atoms with Gasteiger partial charge in [-0.3, -0.25) is 4.79 Å². The molecule has 3 nitrogen and oxygen atoms in total. The van der Waals surface area contributed by atoms with E-state index < -0.39 is 40.6 Å². The molecule has 0 radical (unpaired) electrons. The minimum atomic E-state index is -1.35. The van der Waals surface area contributed by atoms with E-state index >= 15 is 0 Å². The number of hydrogen-bond acceptors (Lipinski definition) is 2. The average molecular weight is 361 g/mol. The van der Waals surface area contributed by atoms with Crippen LogP contribution in [0.1, 0.15) is 10.4 Å². The molecular formula is C19H11F4NO2. The standard InChI is InChI=1S/C19H11F4NO2/c20-13-3-1-2-10(7-13)11-6-12(9-14(21)8-11)19(26)24-18-15(22)4-5-16(25)17(18)23/h1-9,25H,(H,24,26). The maximum atomic E-state index is 13.9. The highest BCUT2D eigenvalue weighted by atomic mass is 19.1. The number of benzene rings is 3. The molecule has 0 aromatic heterocycles. The molecule has 3 aromatic carbocycles. The van der Waals surface area contributed by atoms with Gasteiger partial charge < -0.3 is 10.4 Å². The van der Waals surface area contributed by atoms with Crippen molar-refractivity contribution in [3.63, 3.8) is 0 Å². The lowest BCUT2D eigenvalue weighted by Gasteiger charge is -2.10. The average Bonchev–Trinajstić information content (AvgIpc) is 2.61. The van der Waals surface area contributed by atoms with Crippen LogP contribution in [0.25, 0.3) is 11.1 Å². The molecule has 2 N–H and O–H groups in total. The molecule has 3 aromatic rings. The third-order valence-electron chi connectivity index (χ3n) is 3.63. The first-order chi connectivity index (χ1) is 12.3. The molecule has 0 fully saturated rings. The summed E-state index contributed by atoms with van der Waals surface area (Å²) < 4.78 is 54.7. The Kier molecular flexibility index (Phi) is 4.62. The predicted molar refractivity (Wildman–Crippen MR) is 87.8 cm³/mol. The first kappa shape index (κ1) is 17.5. The Labute approximate surface area is 145 Å². The first-order valence-corrected chi connectivity index (χ1v) is 7.40. The fourth-order valence-corrected chi connectivity index (χ4v) is 2.40. The molecule has 7 heteroatoms. The highest BCUT2D eigenvalue weighted by molar-refractivity contribution is 6.05. The second kappa shape index (κ2) is 6.87. The van der Waals surface area contributed by atoms with E-state index in [1.807, 2.05) is 5.32 Å². The molecule has 132 valence electrons. The van der Waals surface area contributed by atoms with Crippen LogP contribution < -0.4 is 5.32 Å². The fourth-order valence-electron chi connectivity index (χ4n) is 2.40. The maximum Gasteiger partial charge on any atom is 0.255 e. The smallest absolute Gasteiger partial charge is 0.255 e. The molecular weight excluding hydrogens is 350 g/mol. The summed E-state index contributed by atoms with van der Waals surface area (Å²) in [5.74, 6) is -5.61. The molecule has 0 saturated heterocycles. The summed E-state index contributed by atoms with van der Waals surface area (Å²) in [5, 5.41) is 11.2. The van der Waals surface area contributed by atoms with Gasteiger partial charge in [0.1, 0.15) is 23.1 Å². The highest BCUT2D eigenvalue weighted by Gasteiger charge is 2.18. The zero-order valence-electron chi connectivity index (χ0n) is 13.1.